The fourth-order valence-electron chi connectivity index (χ4n) is 8.65. The Morgan fingerprint density at radius 3 is 2.18 bits per heavy atom. The molecule has 3 heterocycles. The van der Waals surface area contributed by atoms with E-state index in [2.05, 4.69) is 15.6 Å². The number of nitriles is 1. The number of β-amino-alcohol motifs (C(OH)–C–C–N with tert-alkyl or cyclic N) is 1. The second-order valence-corrected chi connectivity index (χ2v) is 19.6. The molecule has 15 nitrogen and oxygen atoms in total. The molecule has 1 aromatic heterocycles. The quantitative estimate of drug-likeness (QED) is 0.0600. The number of amides is 4. The number of benzene rings is 4. The lowest BCUT2D eigenvalue weighted by Crippen LogP contribution is -2.58. The number of aryl methyl sites for hydroxylation is 1. The van der Waals surface area contributed by atoms with E-state index in [4.69, 9.17) is 26.1 Å². The number of nitrogens with one attached hydrogen (secondary N) is 2. The van der Waals surface area contributed by atoms with Crippen LogP contribution in [0.15, 0.2) is 102 Å². The molecule has 378 valence electrons. The van der Waals surface area contributed by atoms with Crippen molar-refractivity contribution in [1.82, 2.24) is 20.5 Å². The van der Waals surface area contributed by atoms with Gasteiger partial charge in [-0.25, -0.2) is 4.98 Å². The van der Waals surface area contributed by atoms with E-state index in [0.29, 0.717) is 36.6 Å². The number of unbranched alkanes of at least 4 members (excludes halogenated alkanes) is 1. The molecule has 3 N–H and O–H groups in total. The fourth-order valence-corrected chi connectivity index (χ4v) is 9.17. The minimum Gasteiger partial charge on any atom is -0.494 e. The van der Waals surface area contributed by atoms with Gasteiger partial charge in [0.2, 0.25) is 17.7 Å². The largest absolute Gasteiger partial charge is 0.494 e. The first kappa shape index (κ1) is 52.7. The average Bonchev–Trinajstić information content (AvgIpc) is 4.01. The van der Waals surface area contributed by atoms with Gasteiger partial charge in [-0.15, -0.1) is 0 Å². The van der Waals surface area contributed by atoms with Crippen molar-refractivity contribution in [3.8, 4) is 34.3 Å². The number of aliphatic hydroxyl groups excluding tert-OH is 1. The Labute approximate surface area is 420 Å². The summed E-state index contributed by atoms with van der Waals surface area (Å²) in [5, 5.41) is 25.5. The highest BCUT2D eigenvalue weighted by atomic mass is 32.1. The van der Waals surface area contributed by atoms with Crippen molar-refractivity contribution >= 4 is 52.3 Å². The number of rotatable bonds is 17. The lowest BCUT2D eigenvalue weighted by Gasteiger charge is -2.35. The van der Waals surface area contributed by atoms with Crippen molar-refractivity contribution in [1.29, 1.82) is 5.26 Å². The van der Waals surface area contributed by atoms with Crippen LogP contribution in [0, 0.1) is 23.7 Å². The molecular weight excluding hydrogens is 952 g/mol. The molecule has 3 atom stereocenters. The van der Waals surface area contributed by atoms with Gasteiger partial charge in [0.05, 0.1) is 41.3 Å². The van der Waals surface area contributed by atoms with Crippen LogP contribution in [-0.2, 0) is 36.6 Å². The summed E-state index contributed by atoms with van der Waals surface area (Å²) in [7, 11) is 0. The number of carbonyl (C=O) groups excluding carboxylic acids is 4. The Morgan fingerprint density at radius 1 is 0.944 bits per heavy atom. The Hall–Kier alpha value is -7.14. The standard InChI is InChI=1S/C53H56F3N7O8S/c1-32-45(71-31-59-32)36-11-9-33(10-12-36)28-58-47(66)43-26-40(64)29-61(43)48(67)46(51(2,3)4)60-44(65)30-69-23-7-8-24-70-41-21-16-35(17-22-41)34-13-18-38(19-14-34)63-50(72)62(49(68)52(63,5)6)39-20-15-37(27-57)42(25-39)53(54,55)56/h9-22,25,31,40,43,46,64H,7-8,23-24,26,28-30H2,1-6H3,(H,58,66)(H,60,65)/t40-,43+,46-/m1/s1. The van der Waals surface area contributed by atoms with Gasteiger partial charge in [0.15, 0.2) is 17.3 Å². The minimum absolute atomic E-state index is 0.00133. The van der Waals surface area contributed by atoms with Crippen molar-refractivity contribution in [3.05, 3.63) is 120 Å². The van der Waals surface area contributed by atoms with Crippen molar-refractivity contribution in [2.45, 2.75) is 97.3 Å². The molecule has 0 bridgehead atoms. The number of likely N-dealkylation sites (tertiary alicyclic amines) is 1. The maximum atomic E-state index is 14.0. The Bertz CT molecular complexity index is 2840. The van der Waals surface area contributed by atoms with Crippen molar-refractivity contribution in [3.63, 3.8) is 0 Å². The number of halogens is 3. The first-order valence-corrected chi connectivity index (χ1v) is 23.8. The smallest absolute Gasteiger partial charge is 0.417 e. The molecule has 0 aliphatic carbocycles. The Kier molecular flexibility index (Phi) is 15.9. The maximum Gasteiger partial charge on any atom is 0.417 e. The zero-order valence-electron chi connectivity index (χ0n) is 40.7. The highest BCUT2D eigenvalue weighted by Crippen LogP contribution is 2.40. The molecule has 2 aliphatic heterocycles. The summed E-state index contributed by atoms with van der Waals surface area (Å²) in [5.41, 5.74) is 0.989. The number of carbonyl (C=O) groups is 4. The Balaban J connectivity index is 0.841. The molecule has 7 rings (SSSR count). The number of hydrogen-bond acceptors (Lipinski definition) is 11. The van der Waals surface area contributed by atoms with Gasteiger partial charge >= 0.3 is 6.18 Å². The van der Waals surface area contributed by atoms with E-state index in [1.165, 1.54) is 17.4 Å². The minimum atomic E-state index is -4.81. The molecule has 2 aliphatic rings. The second kappa shape index (κ2) is 21.7. The molecule has 4 aromatic carbocycles. The number of aliphatic hydroxyl groups is 1. The molecule has 4 amide bonds. The highest BCUT2D eigenvalue weighted by Gasteiger charge is 2.51. The number of nitrogens with zero attached hydrogens (tertiary/aromatic N) is 5. The van der Waals surface area contributed by atoms with Gasteiger partial charge in [-0.2, -0.15) is 18.4 Å². The third-order valence-electron chi connectivity index (χ3n) is 12.6. The van der Waals surface area contributed by atoms with Crippen LogP contribution in [0.3, 0.4) is 0 Å². The van der Waals surface area contributed by atoms with E-state index in [-0.39, 0.29) is 43.5 Å². The summed E-state index contributed by atoms with van der Waals surface area (Å²) in [5.74, 6) is -0.585. The molecule has 0 unspecified atom stereocenters. The van der Waals surface area contributed by atoms with Crippen molar-refractivity contribution in [2.24, 2.45) is 5.41 Å². The van der Waals surface area contributed by atoms with Crippen LogP contribution in [0.1, 0.15) is 76.3 Å². The number of oxazole rings is 1. The zero-order valence-corrected chi connectivity index (χ0v) is 41.5. The van der Waals surface area contributed by atoms with Gasteiger partial charge in [0.1, 0.15) is 30.0 Å². The molecule has 0 radical (unpaired) electrons. The second-order valence-electron chi connectivity index (χ2n) is 19.3. The molecular formula is C53H56F3N7O8S. The fraction of sp³-hybridized carbons (Fsp3) is 0.377. The van der Waals surface area contributed by atoms with Gasteiger partial charge in [0.25, 0.3) is 5.91 Å². The lowest BCUT2D eigenvalue weighted by atomic mass is 9.85. The number of thiocarbonyl (C=S) groups is 1. The van der Waals surface area contributed by atoms with Crippen LogP contribution in [0.5, 0.6) is 5.75 Å². The SMILES string of the molecule is Cc1ncoc1-c1ccc(CNC(=O)[C@@H]2C[C@@H](O)CN2C(=O)[C@@H](NC(=O)COCCCCOc2ccc(-c3ccc(N4C(=S)N(c5ccc(C#N)c(C(F)(F)F)c5)C(=O)C4(C)C)cc3)cc2)C(C)(C)C)cc1. The third kappa shape index (κ3) is 11.8. The van der Waals surface area contributed by atoms with E-state index in [1.54, 1.807) is 36.9 Å². The van der Waals surface area contributed by atoms with Gasteiger partial charge in [-0.05, 0) is 110 Å². The number of ether oxygens (including phenoxy) is 2. The first-order valence-electron chi connectivity index (χ1n) is 23.3. The highest BCUT2D eigenvalue weighted by molar-refractivity contribution is 7.81. The van der Waals surface area contributed by atoms with Gasteiger partial charge < -0.3 is 39.4 Å². The van der Waals surface area contributed by atoms with Gasteiger partial charge in [0, 0.05) is 37.4 Å². The lowest BCUT2D eigenvalue weighted by molar-refractivity contribution is -0.144. The zero-order chi connectivity index (χ0) is 52.1. The normalized spacial score (nSPS) is 17.2. The number of alkyl halides is 3. The maximum absolute atomic E-state index is 14.0. The summed E-state index contributed by atoms with van der Waals surface area (Å²) < 4.78 is 58.3. The van der Waals surface area contributed by atoms with Crippen LogP contribution in [0.4, 0.5) is 24.5 Å². The predicted octanol–water partition coefficient (Wildman–Crippen LogP) is 8.11. The van der Waals surface area contributed by atoms with E-state index in [0.717, 1.165) is 45.0 Å². The van der Waals surface area contributed by atoms with E-state index < -0.39 is 70.1 Å². The molecule has 5 aromatic rings. The molecule has 0 spiro atoms. The van der Waals surface area contributed by atoms with E-state index in [1.807, 2.05) is 88.4 Å². The van der Waals surface area contributed by atoms with Crippen molar-refractivity contribution in [2.75, 3.05) is 36.2 Å². The van der Waals surface area contributed by atoms with Crippen LogP contribution >= 0.6 is 12.2 Å². The summed E-state index contributed by atoms with van der Waals surface area (Å²) in [6, 6.07) is 24.9. The Morgan fingerprint density at radius 2 is 1.57 bits per heavy atom. The predicted molar refractivity (Wildman–Crippen MR) is 266 cm³/mol. The molecule has 0 saturated carbocycles. The van der Waals surface area contributed by atoms with Crippen LogP contribution < -0.4 is 25.2 Å². The van der Waals surface area contributed by atoms with Crippen LogP contribution in [0.2, 0.25) is 0 Å². The first-order chi connectivity index (χ1) is 34.1. The van der Waals surface area contributed by atoms with Crippen LogP contribution in [0.25, 0.3) is 22.5 Å². The molecule has 2 saturated heterocycles. The summed E-state index contributed by atoms with van der Waals surface area (Å²) in [4.78, 5) is 62.2. The third-order valence-corrected chi connectivity index (χ3v) is 12.9. The van der Waals surface area contributed by atoms with Crippen LogP contribution in [-0.4, -0.2) is 93.8 Å². The van der Waals surface area contributed by atoms with Gasteiger partial charge in [-0.1, -0.05) is 69.3 Å². The summed E-state index contributed by atoms with van der Waals surface area (Å²) >= 11 is 5.67. The topological polar surface area (TPSA) is 191 Å². The average molecular weight is 1010 g/mol. The van der Waals surface area contributed by atoms with Crippen molar-refractivity contribution < 1.29 is 51.3 Å². The number of anilines is 2. The summed E-state index contributed by atoms with van der Waals surface area (Å²) in [6.45, 7) is 11.1. The molecule has 72 heavy (non-hydrogen) atoms. The number of hydrogen-bond donors (Lipinski definition) is 3. The molecule has 19 heteroatoms. The molecule has 2 fully saturated rings. The van der Waals surface area contributed by atoms with E-state index >= 15 is 0 Å². The van der Waals surface area contributed by atoms with E-state index in [9.17, 15) is 42.7 Å². The monoisotopic (exact) mass is 1010 g/mol. The number of aromatic nitrogens is 1. The summed E-state index contributed by atoms with van der Waals surface area (Å²) in [6.07, 6.45) is -3.04. The van der Waals surface area contributed by atoms with Gasteiger partial charge in [-0.3, -0.25) is 24.1 Å².